The highest BCUT2D eigenvalue weighted by Gasteiger charge is 2.32. The Morgan fingerprint density at radius 3 is 2.65 bits per heavy atom. The molecule has 1 fully saturated rings. The van der Waals surface area contributed by atoms with Gasteiger partial charge in [0, 0.05) is 28.9 Å². The van der Waals surface area contributed by atoms with Crippen LogP contribution in [0.15, 0.2) is 48.8 Å². The van der Waals surface area contributed by atoms with Crippen LogP contribution in [-0.4, -0.2) is 40.1 Å². The minimum atomic E-state index is -0.968. The number of hydrogen-bond donors (Lipinski definition) is 2. The number of rotatable bonds is 4. The molecule has 0 unspecified atom stereocenters. The van der Waals surface area contributed by atoms with Gasteiger partial charge in [-0.25, -0.2) is 4.79 Å². The van der Waals surface area contributed by atoms with Crippen LogP contribution in [0, 0.1) is 11.3 Å². The summed E-state index contributed by atoms with van der Waals surface area (Å²) in [4.78, 5) is 13.5. The van der Waals surface area contributed by atoms with Crippen molar-refractivity contribution in [2.75, 3.05) is 18.0 Å². The Hall–Kier alpha value is -3.83. The fourth-order valence-corrected chi connectivity index (χ4v) is 4.90. The van der Waals surface area contributed by atoms with Gasteiger partial charge in [0.25, 0.3) is 0 Å². The second kappa shape index (κ2) is 9.20. The summed E-state index contributed by atoms with van der Waals surface area (Å²) in [5.41, 5.74) is 3.90. The standard InChI is InChI=1S/C26H27N5O3/c1-17-2-7-23-24(31(17)26(32)33)9-8-22(25(23)34-21-5-3-18(14-27)4-6-21)19-15-29-30(16-19)20-10-12-28-13-11-20/h3-6,8-9,15-17,20,28H,2,7,10-13H2,1H3,(H,32,33)/t17-/m0/s1. The van der Waals surface area contributed by atoms with E-state index in [1.807, 2.05) is 29.9 Å². The van der Waals surface area contributed by atoms with E-state index >= 15 is 0 Å². The third-order valence-corrected chi connectivity index (χ3v) is 6.75. The number of anilines is 1. The molecule has 2 aliphatic heterocycles. The van der Waals surface area contributed by atoms with Crippen molar-refractivity contribution >= 4 is 11.8 Å². The van der Waals surface area contributed by atoms with E-state index < -0.39 is 6.09 Å². The molecule has 0 aliphatic carbocycles. The molecule has 174 valence electrons. The highest BCUT2D eigenvalue weighted by molar-refractivity contribution is 5.91. The van der Waals surface area contributed by atoms with E-state index in [2.05, 4.69) is 22.7 Å². The van der Waals surface area contributed by atoms with Gasteiger partial charge in [-0.3, -0.25) is 9.58 Å². The molecule has 5 rings (SSSR count). The van der Waals surface area contributed by atoms with E-state index in [-0.39, 0.29) is 6.04 Å². The van der Waals surface area contributed by atoms with Crippen LogP contribution in [0.1, 0.15) is 43.4 Å². The summed E-state index contributed by atoms with van der Waals surface area (Å²) < 4.78 is 8.44. The van der Waals surface area contributed by atoms with Gasteiger partial charge < -0.3 is 15.2 Å². The first-order valence-corrected chi connectivity index (χ1v) is 11.7. The summed E-state index contributed by atoms with van der Waals surface area (Å²) in [6.45, 7) is 3.89. The van der Waals surface area contributed by atoms with E-state index in [1.165, 1.54) is 4.90 Å². The zero-order valence-corrected chi connectivity index (χ0v) is 19.1. The maximum absolute atomic E-state index is 12.0. The molecule has 3 aromatic rings. The molecule has 0 bridgehead atoms. The van der Waals surface area contributed by atoms with E-state index in [4.69, 9.17) is 10.00 Å². The summed E-state index contributed by atoms with van der Waals surface area (Å²) in [7, 11) is 0. The second-order valence-corrected chi connectivity index (χ2v) is 8.91. The number of amides is 1. The smallest absolute Gasteiger partial charge is 0.412 e. The number of nitrogens with zero attached hydrogens (tertiary/aromatic N) is 4. The third kappa shape index (κ3) is 4.11. The molecule has 0 saturated carbocycles. The molecule has 8 heteroatoms. The van der Waals surface area contributed by atoms with Crippen molar-refractivity contribution in [3.05, 3.63) is 59.9 Å². The van der Waals surface area contributed by atoms with E-state index in [0.717, 1.165) is 42.6 Å². The van der Waals surface area contributed by atoms with Crippen molar-refractivity contribution in [3.8, 4) is 28.7 Å². The van der Waals surface area contributed by atoms with Gasteiger partial charge in [-0.2, -0.15) is 10.4 Å². The van der Waals surface area contributed by atoms with Crippen molar-refractivity contribution in [3.63, 3.8) is 0 Å². The van der Waals surface area contributed by atoms with Crippen LogP contribution in [-0.2, 0) is 6.42 Å². The number of nitriles is 1. The SMILES string of the molecule is C[C@H]1CCc2c(ccc(-c3cnn(C4CCNCC4)c3)c2Oc2ccc(C#N)cc2)N1C(=O)O. The van der Waals surface area contributed by atoms with E-state index in [9.17, 15) is 9.90 Å². The van der Waals surface area contributed by atoms with E-state index in [0.29, 0.717) is 41.6 Å². The molecule has 1 amide bonds. The highest BCUT2D eigenvalue weighted by Crippen LogP contribution is 2.44. The van der Waals surface area contributed by atoms with Crippen molar-refractivity contribution in [1.29, 1.82) is 5.26 Å². The molecule has 34 heavy (non-hydrogen) atoms. The second-order valence-electron chi connectivity index (χ2n) is 8.91. The first kappa shape index (κ1) is 22.0. The Bertz CT molecular complexity index is 1240. The Morgan fingerprint density at radius 2 is 1.94 bits per heavy atom. The fourth-order valence-electron chi connectivity index (χ4n) is 4.90. The van der Waals surface area contributed by atoms with Crippen LogP contribution in [0.25, 0.3) is 11.1 Å². The molecule has 0 radical (unpaired) electrons. The molecule has 1 aromatic heterocycles. The van der Waals surface area contributed by atoms with Gasteiger partial charge in [0.05, 0.1) is 29.6 Å². The summed E-state index contributed by atoms with van der Waals surface area (Å²) in [6.07, 6.45) is 6.43. The summed E-state index contributed by atoms with van der Waals surface area (Å²) in [5, 5.41) is 27.0. The number of ether oxygens (including phenoxy) is 1. The van der Waals surface area contributed by atoms with Gasteiger partial charge >= 0.3 is 6.09 Å². The molecule has 2 aromatic carbocycles. The van der Waals surface area contributed by atoms with Gasteiger partial charge in [0.15, 0.2) is 0 Å². The molecule has 0 spiro atoms. The zero-order valence-electron chi connectivity index (χ0n) is 19.1. The molecule has 2 N–H and O–H groups in total. The lowest BCUT2D eigenvalue weighted by molar-refractivity contribution is 0.198. The van der Waals surface area contributed by atoms with Crippen molar-refractivity contribution in [2.45, 2.75) is 44.7 Å². The number of piperidine rings is 1. The number of benzene rings is 2. The quantitative estimate of drug-likeness (QED) is 0.574. The molecule has 3 heterocycles. The van der Waals surface area contributed by atoms with E-state index in [1.54, 1.807) is 24.3 Å². The van der Waals surface area contributed by atoms with Crippen LogP contribution in [0.2, 0.25) is 0 Å². The van der Waals surface area contributed by atoms with Gasteiger partial charge in [-0.1, -0.05) is 0 Å². The first-order valence-electron chi connectivity index (χ1n) is 11.7. The molecule has 1 atom stereocenters. The highest BCUT2D eigenvalue weighted by atomic mass is 16.5. The predicted molar refractivity (Wildman–Crippen MR) is 128 cm³/mol. The Labute approximate surface area is 198 Å². The fraction of sp³-hybridized carbons (Fsp3) is 0.346. The number of hydrogen-bond acceptors (Lipinski definition) is 5. The van der Waals surface area contributed by atoms with Gasteiger partial charge in [0.2, 0.25) is 0 Å². The molecule has 1 saturated heterocycles. The lowest BCUT2D eigenvalue weighted by atomic mass is 9.92. The van der Waals surface area contributed by atoms with Crippen LogP contribution >= 0.6 is 0 Å². The average Bonchev–Trinajstić information content (AvgIpc) is 3.35. The lowest BCUT2D eigenvalue weighted by Crippen LogP contribution is -2.41. The zero-order chi connectivity index (χ0) is 23.7. The van der Waals surface area contributed by atoms with Crippen LogP contribution in [0.5, 0.6) is 11.5 Å². The monoisotopic (exact) mass is 457 g/mol. The Kier molecular flexibility index (Phi) is 5.95. The maximum atomic E-state index is 12.0. The topological polar surface area (TPSA) is 103 Å². The summed E-state index contributed by atoms with van der Waals surface area (Å²) in [6, 6.07) is 13.1. The predicted octanol–water partition coefficient (Wildman–Crippen LogP) is 4.96. The van der Waals surface area contributed by atoms with Crippen molar-refractivity contribution < 1.29 is 14.6 Å². The summed E-state index contributed by atoms with van der Waals surface area (Å²) >= 11 is 0. The number of carboxylic acid groups (broad SMARTS) is 1. The number of carbonyl (C=O) groups is 1. The minimum Gasteiger partial charge on any atom is -0.465 e. The Morgan fingerprint density at radius 1 is 1.18 bits per heavy atom. The van der Waals surface area contributed by atoms with Crippen molar-refractivity contribution in [1.82, 2.24) is 15.1 Å². The van der Waals surface area contributed by atoms with Crippen molar-refractivity contribution in [2.24, 2.45) is 0 Å². The third-order valence-electron chi connectivity index (χ3n) is 6.75. The molecule has 2 aliphatic rings. The molecule has 8 nitrogen and oxygen atoms in total. The number of nitrogens with one attached hydrogen (secondary N) is 1. The minimum absolute atomic E-state index is 0.110. The van der Waals surface area contributed by atoms with Gasteiger partial charge in [-0.15, -0.1) is 0 Å². The maximum Gasteiger partial charge on any atom is 0.412 e. The Balaban J connectivity index is 1.59. The van der Waals surface area contributed by atoms with Crippen LogP contribution in [0.3, 0.4) is 0 Å². The van der Waals surface area contributed by atoms with Crippen LogP contribution < -0.4 is 15.0 Å². The first-order chi connectivity index (χ1) is 16.5. The van der Waals surface area contributed by atoms with Gasteiger partial charge in [0.1, 0.15) is 11.5 Å². The van der Waals surface area contributed by atoms with Gasteiger partial charge in [-0.05, 0) is 82.1 Å². The molecular weight excluding hydrogens is 430 g/mol. The average molecular weight is 458 g/mol. The molecular formula is C26H27N5O3. The van der Waals surface area contributed by atoms with Crippen LogP contribution in [0.4, 0.5) is 10.5 Å². The normalized spacial score (nSPS) is 18.2. The number of fused-ring (bicyclic) bond motifs is 1. The lowest BCUT2D eigenvalue weighted by Gasteiger charge is -2.34. The number of aromatic nitrogens is 2. The largest absolute Gasteiger partial charge is 0.465 e. The summed E-state index contributed by atoms with van der Waals surface area (Å²) in [5.74, 6) is 1.24.